The van der Waals surface area contributed by atoms with Crippen molar-refractivity contribution in [2.24, 2.45) is 10.9 Å². The van der Waals surface area contributed by atoms with Gasteiger partial charge in [-0.3, -0.25) is 4.98 Å². The lowest BCUT2D eigenvalue weighted by Gasteiger charge is -2.23. The predicted molar refractivity (Wildman–Crippen MR) is 77.5 cm³/mol. The van der Waals surface area contributed by atoms with Crippen molar-refractivity contribution in [2.75, 3.05) is 11.4 Å². The van der Waals surface area contributed by atoms with Crippen LogP contribution in [0.3, 0.4) is 0 Å². The maximum Gasteiger partial charge on any atom is 0.165 e. The Morgan fingerprint density at radius 2 is 2.14 bits per heavy atom. The average Bonchev–Trinajstić information content (AvgIpc) is 2.52. The van der Waals surface area contributed by atoms with E-state index in [4.69, 9.17) is 10.9 Å². The molecule has 110 valence electrons. The van der Waals surface area contributed by atoms with E-state index in [1.165, 1.54) is 18.3 Å². The Bertz CT molecular complexity index is 605. The molecule has 0 fully saturated rings. The normalized spacial score (nSPS) is 11.4. The Morgan fingerprint density at radius 1 is 1.33 bits per heavy atom. The van der Waals surface area contributed by atoms with E-state index in [2.05, 4.69) is 15.1 Å². The van der Waals surface area contributed by atoms with Gasteiger partial charge in [0.15, 0.2) is 11.6 Å². The molecule has 21 heavy (non-hydrogen) atoms. The number of amidine groups is 1. The highest BCUT2D eigenvalue weighted by Gasteiger charge is 2.14. The average molecular weight is 289 g/mol. The Morgan fingerprint density at radius 3 is 2.81 bits per heavy atom. The van der Waals surface area contributed by atoms with Gasteiger partial charge in [0.2, 0.25) is 0 Å². The number of rotatable bonds is 6. The van der Waals surface area contributed by atoms with Crippen LogP contribution in [0, 0.1) is 5.82 Å². The van der Waals surface area contributed by atoms with E-state index in [0.717, 1.165) is 5.56 Å². The first-order chi connectivity index (χ1) is 10.2. The number of aromatic nitrogens is 2. The molecule has 2 aromatic heterocycles. The van der Waals surface area contributed by atoms with Gasteiger partial charge in [-0.25, -0.2) is 9.37 Å². The molecule has 2 heterocycles. The third kappa shape index (κ3) is 4.13. The third-order valence-corrected chi connectivity index (χ3v) is 2.90. The lowest BCUT2D eigenvalue weighted by Crippen LogP contribution is -2.29. The number of hydrogen-bond acceptors (Lipinski definition) is 5. The largest absolute Gasteiger partial charge is 0.409 e. The fourth-order valence-corrected chi connectivity index (χ4v) is 1.88. The molecule has 0 aliphatic rings. The molecule has 0 unspecified atom stereocenters. The van der Waals surface area contributed by atoms with Crippen molar-refractivity contribution >= 4 is 11.7 Å². The van der Waals surface area contributed by atoms with Crippen LogP contribution in [0.15, 0.2) is 48.0 Å². The Kier molecular flexibility index (Phi) is 5.03. The van der Waals surface area contributed by atoms with Crippen LogP contribution in [-0.4, -0.2) is 27.6 Å². The van der Waals surface area contributed by atoms with Gasteiger partial charge in [0.25, 0.3) is 0 Å². The van der Waals surface area contributed by atoms with Crippen LogP contribution in [0.2, 0.25) is 0 Å². The van der Waals surface area contributed by atoms with Crippen LogP contribution in [-0.2, 0) is 6.54 Å². The molecule has 0 aromatic carbocycles. The zero-order valence-corrected chi connectivity index (χ0v) is 11.4. The molecule has 0 aliphatic carbocycles. The van der Waals surface area contributed by atoms with E-state index >= 15 is 0 Å². The summed E-state index contributed by atoms with van der Waals surface area (Å²) in [6, 6.07) is 6.59. The number of pyridine rings is 2. The molecule has 0 bridgehead atoms. The smallest absolute Gasteiger partial charge is 0.165 e. The van der Waals surface area contributed by atoms with Gasteiger partial charge >= 0.3 is 0 Å². The minimum Gasteiger partial charge on any atom is -0.409 e. The highest BCUT2D eigenvalue weighted by atomic mass is 19.1. The van der Waals surface area contributed by atoms with Gasteiger partial charge < -0.3 is 15.8 Å². The summed E-state index contributed by atoms with van der Waals surface area (Å²) in [6.45, 7) is 0.805. The summed E-state index contributed by atoms with van der Waals surface area (Å²) in [5.74, 6) is -0.101. The van der Waals surface area contributed by atoms with Gasteiger partial charge in [0.05, 0.1) is 0 Å². The minimum absolute atomic E-state index is 0.0857. The molecule has 0 radical (unpaired) electrons. The summed E-state index contributed by atoms with van der Waals surface area (Å²) in [4.78, 5) is 9.83. The summed E-state index contributed by atoms with van der Waals surface area (Å²) < 4.78 is 13.9. The third-order valence-electron chi connectivity index (χ3n) is 2.90. The van der Waals surface area contributed by atoms with E-state index in [1.807, 2.05) is 12.1 Å². The molecule has 0 saturated heterocycles. The molecule has 7 heteroatoms. The van der Waals surface area contributed by atoms with Crippen molar-refractivity contribution in [3.05, 3.63) is 54.2 Å². The predicted octanol–water partition coefficient (Wildman–Crippen LogP) is 1.76. The van der Waals surface area contributed by atoms with Gasteiger partial charge in [0, 0.05) is 38.1 Å². The number of anilines is 1. The van der Waals surface area contributed by atoms with E-state index in [1.54, 1.807) is 17.3 Å². The molecule has 2 rings (SSSR count). The van der Waals surface area contributed by atoms with Crippen LogP contribution in [0.5, 0.6) is 0 Å². The first kappa shape index (κ1) is 14.7. The molecule has 0 atom stereocenters. The Labute approximate surface area is 121 Å². The molecular formula is C14H16FN5O. The molecule has 0 spiro atoms. The van der Waals surface area contributed by atoms with Crippen LogP contribution < -0.4 is 10.6 Å². The van der Waals surface area contributed by atoms with Crippen molar-refractivity contribution in [3.63, 3.8) is 0 Å². The van der Waals surface area contributed by atoms with Gasteiger partial charge in [0.1, 0.15) is 5.84 Å². The van der Waals surface area contributed by atoms with Gasteiger partial charge in [-0.2, -0.15) is 0 Å². The zero-order chi connectivity index (χ0) is 15.1. The quantitative estimate of drug-likeness (QED) is 0.366. The van der Waals surface area contributed by atoms with E-state index < -0.39 is 5.82 Å². The number of hydrogen-bond donors (Lipinski definition) is 2. The number of nitrogens with two attached hydrogens (primary N) is 1. The summed E-state index contributed by atoms with van der Waals surface area (Å²) in [6.07, 6.45) is 5.20. The van der Waals surface area contributed by atoms with Crippen molar-refractivity contribution in [2.45, 2.75) is 13.0 Å². The molecule has 2 aromatic rings. The fourth-order valence-electron chi connectivity index (χ4n) is 1.88. The molecule has 0 saturated carbocycles. The van der Waals surface area contributed by atoms with Crippen LogP contribution >= 0.6 is 0 Å². The second kappa shape index (κ2) is 7.18. The van der Waals surface area contributed by atoms with Gasteiger partial charge in [-0.1, -0.05) is 11.2 Å². The first-order valence-electron chi connectivity index (χ1n) is 6.41. The van der Waals surface area contributed by atoms with Crippen molar-refractivity contribution in [1.82, 2.24) is 9.97 Å². The molecule has 0 aliphatic heterocycles. The lowest BCUT2D eigenvalue weighted by molar-refractivity contribution is 0.317. The van der Waals surface area contributed by atoms with Gasteiger partial charge in [-0.05, 0) is 23.8 Å². The lowest BCUT2D eigenvalue weighted by atomic mass is 10.2. The standard InChI is InChI=1S/C14H16FN5O/c15-12-4-2-7-18-14(12)20(8-5-13(16)19-21)10-11-3-1-6-17-9-11/h1-4,6-7,9,21H,5,8,10H2,(H2,16,19). The molecule has 0 amide bonds. The monoisotopic (exact) mass is 289 g/mol. The number of nitrogens with zero attached hydrogens (tertiary/aromatic N) is 4. The maximum atomic E-state index is 13.9. The van der Waals surface area contributed by atoms with Crippen LogP contribution in [0.1, 0.15) is 12.0 Å². The minimum atomic E-state index is -0.416. The fraction of sp³-hybridized carbons (Fsp3) is 0.214. The van der Waals surface area contributed by atoms with E-state index in [9.17, 15) is 4.39 Å². The molecule has 6 nitrogen and oxygen atoms in total. The topological polar surface area (TPSA) is 87.6 Å². The Balaban J connectivity index is 2.20. The van der Waals surface area contributed by atoms with E-state index in [-0.39, 0.29) is 11.7 Å². The van der Waals surface area contributed by atoms with Gasteiger partial charge in [-0.15, -0.1) is 0 Å². The van der Waals surface area contributed by atoms with Crippen molar-refractivity contribution in [1.29, 1.82) is 0 Å². The zero-order valence-electron chi connectivity index (χ0n) is 11.4. The summed E-state index contributed by atoms with van der Waals surface area (Å²) in [5.41, 5.74) is 6.40. The second-order valence-electron chi connectivity index (χ2n) is 4.43. The molecular weight excluding hydrogens is 273 g/mol. The van der Waals surface area contributed by atoms with Crippen molar-refractivity contribution in [3.8, 4) is 0 Å². The highest BCUT2D eigenvalue weighted by molar-refractivity contribution is 5.80. The number of halogens is 1. The number of oxime groups is 1. The second-order valence-corrected chi connectivity index (χ2v) is 4.43. The summed E-state index contributed by atoms with van der Waals surface area (Å²) in [5, 5.41) is 11.5. The Hall–Kier alpha value is -2.70. The summed E-state index contributed by atoms with van der Waals surface area (Å²) in [7, 11) is 0. The summed E-state index contributed by atoms with van der Waals surface area (Å²) >= 11 is 0. The van der Waals surface area contributed by atoms with E-state index in [0.29, 0.717) is 19.5 Å². The van der Waals surface area contributed by atoms with Crippen molar-refractivity contribution < 1.29 is 9.60 Å². The first-order valence-corrected chi connectivity index (χ1v) is 6.41. The van der Waals surface area contributed by atoms with Crippen LogP contribution in [0.4, 0.5) is 10.2 Å². The highest BCUT2D eigenvalue weighted by Crippen LogP contribution is 2.18. The SMILES string of the molecule is N/C(CCN(Cc1cccnc1)c1ncccc1F)=N/O. The maximum absolute atomic E-state index is 13.9. The van der Waals surface area contributed by atoms with Crippen LogP contribution in [0.25, 0.3) is 0 Å². The molecule has 3 N–H and O–H groups in total.